The predicted octanol–water partition coefficient (Wildman–Crippen LogP) is 11.3. The molecule has 1 amide bonds. The molecule has 308 valence electrons. The average molecular weight is 776 g/mol. The molecule has 3 N–H and O–H groups in total. The number of phosphoric ester groups is 1. The number of hydrogen-bond donors (Lipinski definition) is 3. The monoisotopic (exact) mass is 776 g/mol. The minimum atomic E-state index is -4.43. The molecule has 0 radical (unpaired) electrons. The lowest BCUT2D eigenvalue weighted by atomic mass is 10.1. The molecule has 0 saturated carbocycles. The maximum Gasteiger partial charge on any atom is 0.472 e. The van der Waals surface area contributed by atoms with Gasteiger partial charge in [-0.05, 0) is 89.9 Å². The summed E-state index contributed by atoms with van der Waals surface area (Å²) in [6.45, 7) is 3.32. The lowest BCUT2D eigenvalue weighted by molar-refractivity contribution is -0.147. The molecule has 0 heterocycles. The molecule has 0 rings (SSSR count). The zero-order valence-corrected chi connectivity index (χ0v) is 34.5. The summed E-state index contributed by atoms with van der Waals surface area (Å²) in [5, 5.41) is 12.7. The van der Waals surface area contributed by atoms with Gasteiger partial charge in [0.1, 0.15) is 12.7 Å². The Hall–Kier alpha value is -2.81. The fourth-order valence-electron chi connectivity index (χ4n) is 4.96. The van der Waals surface area contributed by atoms with Crippen LogP contribution in [0, 0.1) is 0 Å². The molecule has 0 aromatic heterocycles. The zero-order chi connectivity index (χ0) is 39.6. The second-order valence-electron chi connectivity index (χ2n) is 13.2. The van der Waals surface area contributed by atoms with E-state index in [4.69, 9.17) is 13.8 Å². The van der Waals surface area contributed by atoms with Gasteiger partial charge in [-0.15, -0.1) is 0 Å². The topological polar surface area (TPSA) is 131 Å². The Morgan fingerprint density at radius 1 is 0.593 bits per heavy atom. The van der Waals surface area contributed by atoms with Crippen molar-refractivity contribution in [3.8, 4) is 0 Å². The maximum absolute atomic E-state index is 12.1. The van der Waals surface area contributed by atoms with Gasteiger partial charge < -0.3 is 20.1 Å². The highest BCUT2D eigenvalue weighted by Crippen LogP contribution is 2.42. The van der Waals surface area contributed by atoms with Crippen LogP contribution in [0.15, 0.2) is 85.1 Å². The molecule has 0 bridgehead atoms. The zero-order valence-electron chi connectivity index (χ0n) is 33.6. The molecule has 10 heteroatoms. The Kier molecular flexibility index (Phi) is 37.8. The number of aliphatic hydroxyl groups excluding tert-OH is 1. The van der Waals surface area contributed by atoms with Gasteiger partial charge in [-0.2, -0.15) is 0 Å². The Morgan fingerprint density at radius 3 is 1.63 bits per heavy atom. The van der Waals surface area contributed by atoms with E-state index in [1.807, 2.05) is 0 Å². The molecule has 9 nitrogen and oxygen atoms in total. The summed E-state index contributed by atoms with van der Waals surface area (Å²) >= 11 is 0. The second-order valence-corrected chi connectivity index (χ2v) is 14.7. The van der Waals surface area contributed by atoms with Gasteiger partial charge in [-0.25, -0.2) is 4.57 Å². The van der Waals surface area contributed by atoms with Crippen molar-refractivity contribution < 1.29 is 37.9 Å². The number of allylic oxidation sites excluding steroid dienone is 14. The number of aliphatic hydroxyl groups is 1. The standard InChI is InChI=1S/C44H74NO8P/c1-3-5-7-9-11-13-15-17-18-19-20-21-22-23-24-25-27-29-31-33-35-37-44(48)51-40-42(46)41-53-54(49,50)52-39-38-45-43(47)36-34-32-30-28-26-16-14-12-10-8-6-4-2/h5,7,11-14,17-18,20-21,23-24,27,29,42,46H,3-4,6,8-10,15-16,19,22,25-26,28,30-41H2,1-2H3,(H,45,47)(H,49,50)/b7-5-,13-11-,14-12-,18-17-,21-20-,24-23-,29-27-. The van der Waals surface area contributed by atoms with E-state index in [9.17, 15) is 24.2 Å². The highest BCUT2D eigenvalue weighted by Gasteiger charge is 2.23. The number of phosphoric acid groups is 1. The summed E-state index contributed by atoms with van der Waals surface area (Å²) in [4.78, 5) is 33.8. The van der Waals surface area contributed by atoms with Gasteiger partial charge >= 0.3 is 13.8 Å². The van der Waals surface area contributed by atoms with Crippen molar-refractivity contribution in [2.24, 2.45) is 0 Å². The van der Waals surface area contributed by atoms with Crippen molar-refractivity contribution in [3.63, 3.8) is 0 Å². The third kappa shape index (κ3) is 40.4. The van der Waals surface area contributed by atoms with Gasteiger partial charge in [0.2, 0.25) is 5.91 Å². The van der Waals surface area contributed by atoms with Crippen LogP contribution in [0.1, 0.15) is 149 Å². The van der Waals surface area contributed by atoms with Crippen molar-refractivity contribution in [1.82, 2.24) is 5.32 Å². The Morgan fingerprint density at radius 2 is 1.06 bits per heavy atom. The Bertz CT molecular complexity index is 1160. The first-order valence-corrected chi connectivity index (χ1v) is 22.1. The van der Waals surface area contributed by atoms with Crippen LogP contribution in [0.3, 0.4) is 0 Å². The first-order valence-electron chi connectivity index (χ1n) is 20.6. The van der Waals surface area contributed by atoms with Crippen LogP contribution >= 0.6 is 7.82 Å². The number of esters is 1. The van der Waals surface area contributed by atoms with E-state index in [2.05, 4.69) is 104 Å². The van der Waals surface area contributed by atoms with Crippen LogP contribution < -0.4 is 5.32 Å². The molecule has 0 aromatic carbocycles. The van der Waals surface area contributed by atoms with Crippen molar-refractivity contribution in [2.75, 3.05) is 26.4 Å². The van der Waals surface area contributed by atoms with Crippen molar-refractivity contribution in [2.45, 2.75) is 155 Å². The van der Waals surface area contributed by atoms with Crippen molar-refractivity contribution >= 4 is 19.7 Å². The summed E-state index contributed by atoms with van der Waals surface area (Å²) in [6, 6.07) is 0. The Labute approximate surface area is 328 Å². The average Bonchev–Trinajstić information content (AvgIpc) is 3.16. The summed E-state index contributed by atoms with van der Waals surface area (Å²) < 4.78 is 26.8. The van der Waals surface area contributed by atoms with Crippen LogP contribution in [0.25, 0.3) is 0 Å². The van der Waals surface area contributed by atoms with Crippen LogP contribution in [-0.2, 0) is 27.9 Å². The minimum absolute atomic E-state index is 0.0671. The molecule has 54 heavy (non-hydrogen) atoms. The molecule has 0 spiro atoms. The van der Waals surface area contributed by atoms with E-state index in [0.717, 1.165) is 83.5 Å². The maximum atomic E-state index is 12.1. The van der Waals surface area contributed by atoms with Crippen LogP contribution in [0.5, 0.6) is 0 Å². The summed E-state index contributed by atoms with van der Waals surface area (Å²) in [6.07, 6.45) is 49.4. The van der Waals surface area contributed by atoms with Gasteiger partial charge in [-0.3, -0.25) is 18.6 Å². The van der Waals surface area contributed by atoms with E-state index in [0.29, 0.717) is 12.8 Å². The van der Waals surface area contributed by atoms with Crippen molar-refractivity contribution in [3.05, 3.63) is 85.1 Å². The first kappa shape index (κ1) is 51.2. The van der Waals surface area contributed by atoms with Crippen LogP contribution in [0.4, 0.5) is 0 Å². The third-order valence-electron chi connectivity index (χ3n) is 8.06. The molecule has 0 aliphatic rings. The third-order valence-corrected chi connectivity index (χ3v) is 9.04. The molecule has 0 aliphatic heterocycles. The largest absolute Gasteiger partial charge is 0.472 e. The smallest absolute Gasteiger partial charge is 0.463 e. The van der Waals surface area contributed by atoms with Gasteiger partial charge in [0.25, 0.3) is 0 Å². The summed E-state index contributed by atoms with van der Waals surface area (Å²) in [5.41, 5.74) is 0. The predicted molar refractivity (Wildman–Crippen MR) is 224 cm³/mol. The summed E-state index contributed by atoms with van der Waals surface area (Å²) in [5.74, 6) is -0.579. The first-order chi connectivity index (χ1) is 26.3. The number of carbonyl (C=O) groups is 2. The normalized spacial score (nSPS) is 14.2. The van der Waals surface area contributed by atoms with Crippen LogP contribution in [-0.4, -0.2) is 54.3 Å². The number of carbonyl (C=O) groups excluding carboxylic acids is 2. The minimum Gasteiger partial charge on any atom is -0.463 e. The van der Waals surface area contributed by atoms with Gasteiger partial charge in [-0.1, -0.05) is 131 Å². The molecule has 2 atom stereocenters. The van der Waals surface area contributed by atoms with E-state index in [1.165, 1.54) is 32.1 Å². The highest BCUT2D eigenvalue weighted by atomic mass is 31.2. The highest BCUT2D eigenvalue weighted by molar-refractivity contribution is 7.47. The number of amides is 1. The van der Waals surface area contributed by atoms with Crippen LogP contribution in [0.2, 0.25) is 0 Å². The van der Waals surface area contributed by atoms with Crippen molar-refractivity contribution in [1.29, 1.82) is 0 Å². The molecular weight excluding hydrogens is 701 g/mol. The SMILES string of the molecule is CC/C=C\C/C=C\C/C=C\C/C=C\C/C=C\C/C=C\CCCCC(=O)OCC(O)COP(=O)(O)OCCNC(=O)CCCCCCC/C=C\CCCCC. The van der Waals surface area contributed by atoms with Gasteiger partial charge in [0.05, 0.1) is 13.2 Å². The molecule has 0 saturated heterocycles. The fraction of sp³-hybridized carbons (Fsp3) is 0.636. The van der Waals surface area contributed by atoms with Gasteiger partial charge in [0.15, 0.2) is 0 Å². The number of rotatable bonds is 37. The molecular formula is C44H74NO8P. The van der Waals surface area contributed by atoms with E-state index in [1.54, 1.807) is 0 Å². The van der Waals surface area contributed by atoms with E-state index < -0.39 is 26.5 Å². The number of ether oxygens (including phenoxy) is 1. The van der Waals surface area contributed by atoms with E-state index in [-0.39, 0.29) is 32.1 Å². The fourth-order valence-corrected chi connectivity index (χ4v) is 5.72. The second kappa shape index (κ2) is 39.9. The molecule has 0 aromatic rings. The van der Waals surface area contributed by atoms with Gasteiger partial charge in [0, 0.05) is 19.4 Å². The lowest BCUT2D eigenvalue weighted by Gasteiger charge is -2.15. The quantitative estimate of drug-likeness (QED) is 0.0246. The number of unbranched alkanes of at least 4 members (excludes halogenated alkanes) is 10. The van der Waals surface area contributed by atoms with E-state index >= 15 is 0 Å². The lowest BCUT2D eigenvalue weighted by Crippen LogP contribution is -2.27. The number of hydrogen-bond acceptors (Lipinski definition) is 7. The molecule has 2 unspecified atom stereocenters. The Balaban J connectivity index is 3.73. The molecule has 0 aliphatic carbocycles. The number of nitrogens with one attached hydrogen (secondary N) is 1. The summed E-state index contributed by atoms with van der Waals surface area (Å²) in [7, 11) is -4.43. The molecule has 0 fully saturated rings.